The van der Waals surface area contributed by atoms with Crippen molar-refractivity contribution in [3.8, 4) is 17.0 Å². The number of benzene rings is 2. The van der Waals surface area contributed by atoms with Crippen LogP contribution in [0.2, 0.25) is 0 Å². The Hall–Kier alpha value is -2.05. The van der Waals surface area contributed by atoms with Crippen LogP contribution in [-0.4, -0.2) is 16.3 Å². The number of nitrogens with zero attached hydrogens (tertiary/aromatic N) is 1. The molecule has 0 saturated heterocycles. The molecule has 146 valence electrons. The molecule has 0 bridgehead atoms. The van der Waals surface area contributed by atoms with Gasteiger partial charge in [0.15, 0.2) is 0 Å². The maximum atomic E-state index is 12.7. The van der Waals surface area contributed by atoms with Crippen LogP contribution in [0.5, 0.6) is 5.75 Å². The third kappa shape index (κ3) is 5.26. The van der Waals surface area contributed by atoms with E-state index in [2.05, 4.69) is 31.9 Å². The van der Waals surface area contributed by atoms with Crippen molar-refractivity contribution in [1.29, 1.82) is 0 Å². The number of aromatic nitrogens is 1. The van der Waals surface area contributed by atoms with Crippen LogP contribution >= 0.6 is 31.9 Å². The third-order valence-electron chi connectivity index (χ3n) is 3.83. The van der Waals surface area contributed by atoms with Crippen molar-refractivity contribution < 1.29 is 14.3 Å². The van der Waals surface area contributed by atoms with Crippen LogP contribution in [0, 0.1) is 0 Å². The first-order chi connectivity index (χ1) is 13.2. The zero-order chi connectivity index (χ0) is 20.3. The lowest BCUT2D eigenvalue weighted by molar-refractivity contribution is 0.0540. The molecule has 0 unspecified atom stereocenters. The van der Waals surface area contributed by atoms with E-state index in [-0.39, 0.29) is 0 Å². The summed E-state index contributed by atoms with van der Waals surface area (Å²) < 4.78 is 14.8. The third-order valence-corrected chi connectivity index (χ3v) is 4.76. The van der Waals surface area contributed by atoms with Crippen LogP contribution in [0.4, 0.5) is 4.79 Å². The van der Waals surface area contributed by atoms with E-state index in [4.69, 9.17) is 9.47 Å². The predicted octanol–water partition coefficient (Wildman–Crippen LogP) is 7.04. The van der Waals surface area contributed by atoms with Crippen molar-refractivity contribution in [2.24, 2.45) is 0 Å². The number of halogens is 2. The second kappa shape index (κ2) is 8.53. The predicted molar refractivity (Wildman–Crippen MR) is 118 cm³/mol. The molecule has 1 heterocycles. The molecule has 0 N–H and O–H groups in total. The smallest absolute Gasteiger partial charge is 0.419 e. The quantitative estimate of drug-likeness (QED) is 0.381. The highest BCUT2D eigenvalue weighted by molar-refractivity contribution is 9.10. The Morgan fingerprint density at radius 3 is 2.39 bits per heavy atom. The van der Waals surface area contributed by atoms with Crippen LogP contribution < -0.4 is 4.74 Å². The van der Waals surface area contributed by atoms with Gasteiger partial charge in [0, 0.05) is 20.7 Å². The number of hydrogen-bond donors (Lipinski definition) is 0. The summed E-state index contributed by atoms with van der Waals surface area (Å²) in [6.07, 6.45) is 1.26. The molecule has 0 atom stereocenters. The van der Waals surface area contributed by atoms with E-state index in [0.717, 1.165) is 20.1 Å². The number of rotatable bonds is 4. The Labute approximate surface area is 181 Å². The first-order valence-electron chi connectivity index (χ1n) is 8.81. The van der Waals surface area contributed by atoms with Gasteiger partial charge >= 0.3 is 6.09 Å². The van der Waals surface area contributed by atoms with Gasteiger partial charge in [-0.2, -0.15) is 0 Å². The van der Waals surface area contributed by atoms with Gasteiger partial charge in [-0.15, -0.1) is 0 Å². The molecular weight excluding hydrogens is 486 g/mol. The molecule has 28 heavy (non-hydrogen) atoms. The summed E-state index contributed by atoms with van der Waals surface area (Å²) in [5, 5.41) is 0. The summed E-state index contributed by atoms with van der Waals surface area (Å²) in [7, 11) is 0. The number of carbonyl (C=O) groups is 1. The van der Waals surface area contributed by atoms with Crippen LogP contribution in [0.15, 0.2) is 69.7 Å². The largest absolute Gasteiger partial charge is 0.488 e. The highest BCUT2D eigenvalue weighted by Crippen LogP contribution is 2.36. The molecule has 0 fully saturated rings. The van der Waals surface area contributed by atoms with E-state index in [1.807, 2.05) is 75.4 Å². The molecule has 1 aromatic heterocycles. The van der Waals surface area contributed by atoms with E-state index in [1.165, 1.54) is 4.57 Å². The number of carbonyl (C=O) groups excluding carboxylic acids is 1. The minimum absolute atomic E-state index is 0.434. The molecule has 0 aliphatic rings. The van der Waals surface area contributed by atoms with Gasteiger partial charge in [0.05, 0.1) is 5.69 Å². The Morgan fingerprint density at radius 1 is 1.00 bits per heavy atom. The van der Waals surface area contributed by atoms with Crippen molar-refractivity contribution in [3.05, 3.63) is 75.3 Å². The molecule has 0 saturated carbocycles. The molecular formula is C22H21Br2NO3. The summed E-state index contributed by atoms with van der Waals surface area (Å²) >= 11 is 6.98. The lowest BCUT2D eigenvalue weighted by atomic mass is 10.1. The zero-order valence-electron chi connectivity index (χ0n) is 15.9. The first-order valence-corrected chi connectivity index (χ1v) is 10.4. The summed E-state index contributed by atoms with van der Waals surface area (Å²) in [5.74, 6) is 0.683. The van der Waals surface area contributed by atoms with Gasteiger partial charge in [-0.3, -0.25) is 4.57 Å². The highest BCUT2D eigenvalue weighted by Gasteiger charge is 2.22. The van der Waals surface area contributed by atoms with E-state index in [9.17, 15) is 4.79 Å². The second-order valence-corrected chi connectivity index (χ2v) is 9.14. The molecule has 0 amide bonds. The lowest BCUT2D eigenvalue weighted by Crippen LogP contribution is -2.27. The maximum Gasteiger partial charge on any atom is 0.419 e. The normalized spacial score (nSPS) is 11.3. The average Bonchev–Trinajstić information content (AvgIpc) is 3.02. The van der Waals surface area contributed by atoms with E-state index in [0.29, 0.717) is 18.1 Å². The SMILES string of the molecule is CC(C)(C)OC(=O)n1cc(Br)cc1-c1cc(Br)ccc1OCc1ccccc1. The van der Waals surface area contributed by atoms with Crippen LogP contribution in [0.25, 0.3) is 11.3 Å². The highest BCUT2D eigenvalue weighted by atomic mass is 79.9. The standard InChI is InChI=1S/C22H21Br2NO3/c1-22(2,3)28-21(26)25-13-17(24)12-19(25)18-11-16(23)9-10-20(18)27-14-15-7-5-4-6-8-15/h4-13H,14H2,1-3H3. The van der Waals surface area contributed by atoms with Crippen molar-refractivity contribution >= 4 is 38.0 Å². The molecule has 2 aromatic carbocycles. The summed E-state index contributed by atoms with van der Waals surface area (Å²) in [6, 6.07) is 17.6. The molecule has 0 spiro atoms. The summed E-state index contributed by atoms with van der Waals surface area (Å²) in [6.45, 7) is 5.97. The maximum absolute atomic E-state index is 12.7. The van der Waals surface area contributed by atoms with Crippen molar-refractivity contribution in [2.75, 3.05) is 0 Å². The van der Waals surface area contributed by atoms with Crippen LogP contribution in [-0.2, 0) is 11.3 Å². The summed E-state index contributed by atoms with van der Waals surface area (Å²) in [5.41, 5.74) is 1.96. The van der Waals surface area contributed by atoms with Gasteiger partial charge in [0.25, 0.3) is 0 Å². The van der Waals surface area contributed by atoms with E-state index in [1.54, 1.807) is 6.20 Å². The van der Waals surface area contributed by atoms with Gasteiger partial charge in [-0.1, -0.05) is 46.3 Å². The Bertz CT molecular complexity index is 975. The van der Waals surface area contributed by atoms with Gasteiger partial charge in [0.1, 0.15) is 18.0 Å². The molecule has 3 aromatic rings. The van der Waals surface area contributed by atoms with Crippen LogP contribution in [0.3, 0.4) is 0 Å². The molecule has 3 rings (SSSR count). The Morgan fingerprint density at radius 2 is 1.71 bits per heavy atom. The molecule has 4 nitrogen and oxygen atoms in total. The fraction of sp³-hybridized carbons (Fsp3) is 0.227. The second-order valence-electron chi connectivity index (χ2n) is 7.31. The number of ether oxygens (including phenoxy) is 2. The Balaban J connectivity index is 1.97. The van der Waals surface area contributed by atoms with Gasteiger partial charge in [-0.25, -0.2) is 4.79 Å². The molecule has 0 radical (unpaired) electrons. The molecule has 0 aliphatic heterocycles. The van der Waals surface area contributed by atoms with E-state index < -0.39 is 11.7 Å². The average molecular weight is 507 g/mol. The minimum Gasteiger partial charge on any atom is -0.488 e. The fourth-order valence-electron chi connectivity index (χ4n) is 2.66. The van der Waals surface area contributed by atoms with Crippen molar-refractivity contribution in [3.63, 3.8) is 0 Å². The lowest BCUT2D eigenvalue weighted by Gasteiger charge is -2.21. The summed E-state index contributed by atoms with van der Waals surface area (Å²) in [4.78, 5) is 12.7. The van der Waals surface area contributed by atoms with Crippen LogP contribution in [0.1, 0.15) is 26.3 Å². The minimum atomic E-state index is -0.588. The van der Waals surface area contributed by atoms with Crippen molar-refractivity contribution in [1.82, 2.24) is 4.57 Å². The Kier molecular flexibility index (Phi) is 6.30. The van der Waals surface area contributed by atoms with Gasteiger partial charge in [0.2, 0.25) is 0 Å². The monoisotopic (exact) mass is 505 g/mol. The van der Waals surface area contributed by atoms with Crippen molar-refractivity contribution in [2.45, 2.75) is 33.0 Å². The van der Waals surface area contributed by atoms with Gasteiger partial charge in [-0.05, 0) is 66.5 Å². The van der Waals surface area contributed by atoms with E-state index >= 15 is 0 Å². The first kappa shape index (κ1) is 20.7. The fourth-order valence-corrected chi connectivity index (χ4v) is 3.45. The number of hydrogen-bond acceptors (Lipinski definition) is 3. The topological polar surface area (TPSA) is 40.5 Å². The van der Waals surface area contributed by atoms with Gasteiger partial charge < -0.3 is 9.47 Å². The zero-order valence-corrected chi connectivity index (χ0v) is 19.1. The molecule has 0 aliphatic carbocycles. The molecule has 6 heteroatoms.